The molecular weight excluding hydrogens is 228 g/mol. The van der Waals surface area contributed by atoms with E-state index in [4.69, 9.17) is 5.11 Å². The fourth-order valence-electron chi connectivity index (χ4n) is 0. The molecule has 0 amide bonds. The van der Waals surface area contributed by atoms with E-state index >= 15 is 0 Å². The minimum atomic E-state index is -4.44. The van der Waals surface area contributed by atoms with Gasteiger partial charge in [0.15, 0.2) is 0 Å². The molecular formula is C2H5AgO4S. The summed E-state index contributed by atoms with van der Waals surface area (Å²) in [5, 5.41) is 7.99. The van der Waals surface area contributed by atoms with Crippen molar-refractivity contribution in [2.24, 2.45) is 0 Å². The average Bonchev–Trinajstić information content (AvgIpc) is 1.31. The van der Waals surface area contributed by atoms with E-state index < -0.39 is 15.6 Å². The standard InChI is InChI=1S/C2H6O4S.Ag/c1-2(3)7(4,5)6;/h2-3H,1H3,(H,4,5,6);/q;+1/p-1. The third-order valence-corrected chi connectivity index (χ3v) is 1.25. The Morgan fingerprint density at radius 3 is 1.75 bits per heavy atom. The predicted molar refractivity (Wildman–Crippen MR) is 21.4 cm³/mol. The molecule has 0 rings (SSSR count). The van der Waals surface area contributed by atoms with Crippen molar-refractivity contribution in [2.45, 2.75) is 12.4 Å². The molecule has 0 bridgehead atoms. The number of hydrogen-bond acceptors (Lipinski definition) is 4. The first-order chi connectivity index (χ1) is 2.94. The fraction of sp³-hybridized carbons (Fsp3) is 1.00. The van der Waals surface area contributed by atoms with Gasteiger partial charge in [0.1, 0.15) is 15.6 Å². The van der Waals surface area contributed by atoms with Crippen molar-refractivity contribution in [3.05, 3.63) is 0 Å². The summed E-state index contributed by atoms with van der Waals surface area (Å²) in [5.74, 6) is 0. The van der Waals surface area contributed by atoms with E-state index in [1.54, 1.807) is 0 Å². The van der Waals surface area contributed by atoms with E-state index in [0.717, 1.165) is 6.92 Å². The number of aliphatic hydroxyl groups is 1. The molecule has 1 N–H and O–H groups in total. The Morgan fingerprint density at radius 1 is 1.62 bits per heavy atom. The molecule has 0 saturated heterocycles. The van der Waals surface area contributed by atoms with Crippen LogP contribution < -0.4 is 0 Å². The summed E-state index contributed by atoms with van der Waals surface area (Å²) in [7, 11) is -4.44. The maximum atomic E-state index is 9.53. The molecule has 0 aliphatic heterocycles. The summed E-state index contributed by atoms with van der Waals surface area (Å²) >= 11 is 0. The molecule has 8 heavy (non-hydrogen) atoms. The van der Waals surface area contributed by atoms with Crippen LogP contribution in [0.25, 0.3) is 0 Å². The van der Waals surface area contributed by atoms with Crippen LogP contribution in [0.15, 0.2) is 0 Å². The third kappa shape index (κ3) is 4.76. The fourth-order valence-corrected chi connectivity index (χ4v) is 0. The first kappa shape index (κ1) is 11.4. The van der Waals surface area contributed by atoms with Crippen molar-refractivity contribution in [1.82, 2.24) is 0 Å². The predicted octanol–water partition coefficient (Wildman–Crippen LogP) is -1.13. The summed E-state index contributed by atoms with van der Waals surface area (Å²) < 4.78 is 28.6. The van der Waals surface area contributed by atoms with Gasteiger partial charge in [-0.1, -0.05) is 0 Å². The quantitative estimate of drug-likeness (QED) is 0.459. The van der Waals surface area contributed by atoms with Crippen molar-refractivity contribution >= 4 is 10.1 Å². The van der Waals surface area contributed by atoms with E-state index in [0.29, 0.717) is 0 Å². The van der Waals surface area contributed by atoms with Gasteiger partial charge in [0.2, 0.25) is 0 Å². The van der Waals surface area contributed by atoms with Gasteiger partial charge in [-0.2, -0.15) is 0 Å². The first-order valence-electron chi connectivity index (χ1n) is 1.57. The van der Waals surface area contributed by atoms with Crippen LogP contribution in [-0.4, -0.2) is 23.5 Å². The van der Waals surface area contributed by atoms with E-state index in [9.17, 15) is 13.0 Å². The smallest absolute Gasteiger partial charge is 0.746 e. The third-order valence-electron chi connectivity index (χ3n) is 0.418. The van der Waals surface area contributed by atoms with Gasteiger partial charge < -0.3 is 9.66 Å². The van der Waals surface area contributed by atoms with Crippen LogP contribution in [0.1, 0.15) is 6.92 Å². The SMILES string of the molecule is CC(O)S(=O)(=O)[O-].[Ag+]. The molecule has 0 heterocycles. The zero-order chi connectivity index (χ0) is 6.08. The normalized spacial score (nSPS) is 14.4. The zero-order valence-corrected chi connectivity index (χ0v) is 6.26. The Bertz CT molecular complexity index is 136. The van der Waals surface area contributed by atoms with Crippen molar-refractivity contribution in [3.8, 4) is 0 Å². The van der Waals surface area contributed by atoms with Crippen LogP contribution in [0.4, 0.5) is 0 Å². The Balaban J connectivity index is 0. The minimum absolute atomic E-state index is 0. The zero-order valence-electron chi connectivity index (χ0n) is 3.96. The summed E-state index contributed by atoms with van der Waals surface area (Å²) in [5.41, 5.74) is -1.78. The molecule has 0 radical (unpaired) electrons. The second-order valence-corrected chi connectivity index (χ2v) is 2.76. The van der Waals surface area contributed by atoms with Crippen LogP contribution in [0.3, 0.4) is 0 Å². The van der Waals surface area contributed by atoms with Gasteiger partial charge in [-0.15, -0.1) is 0 Å². The molecule has 4 nitrogen and oxygen atoms in total. The molecule has 6 heteroatoms. The summed E-state index contributed by atoms with van der Waals surface area (Å²) in [4.78, 5) is 0. The van der Waals surface area contributed by atoms with Gasteiger partial charge in [-0.3, -0.25) is 0 Å². The Kier molecular flexibility index (Phi) is 5.14. The van der Waals surface area contributed by atoms with Crippen molar-refractivity contribution in [3.63, 3.8) is 0 Å². The maximum absolute atomic E-state index is 9.53. The Morgan fingerprint density at radius 2 is 1.75 bits per heavy atom. The molecule has 0 aromatic carbocycles. The maximum Gasteiger partial charge on any atom is 1.00 e. The molecule has 0 aromatic heterocycles. The molecule has 0 aromatic rings. The first-order valence-corrected chi connectivity index (χ1v) is 3.04. The van der Waals surface area contributed by atoms with Gasteiger partial charge in [0, 0.05) is 0 Å². The van der Waals surface area contributed by atoms with Crippen LogP contribution >= 0.6 is 0 Å². The second-order valence-electron chi connectivity index (χ2n) is 1.09. The van der Waals surface area contributed by atoms with Crippen LogP contribution in [0, 0.1) is 0 Å². The summed E-state index contributed by atoms with van der Waals surface area (Å²) in [6.07, 6.45) is 0. The molecule has 0 fully saturated rings. The van der Waals surface area contributed by atoms with E-state index in [2.05, 4.69) is 0 Å². The van der Waals surface area contributed by atoms with Crippen LogP contribution in [-0.2, 0) is 32.5 Å². The van der Waals surface area contributed by atoms with E-state index in [1.165, 1.54) is 0 Å². The Hall–Kier alpha value is 0.610. The largest absolute Gasteiger partial charge is 1.00 e. The molecule has 54 valence electrons. The number of aliphatic hydroxyl groups excluding tert-OH is 1. The number of rotatable bonds is 1. The summed E-state index contributed by atoms with van der Waals surface area (Å²) in [6, 6.07) is 0. The minimum Gasteiger partial charge on any atom is -0.746 e. The van der Waals surface area contributed by atoms with Gasteiger partial charge in [0.25, 0.3) is 0 Å². The van der Waals surface area contributed by atoms with Gasteiger partial charge in [-0.25, -0.2) is 8.42 Å². The second kappa shape index (κ2) is 3.60. The molecule has 0 saturated carbocycles. The van der Waals surface area contributed by atoms with Gasteiger partial charge in [-0.05, 0) is 6.92 Å². The van der Waals surface area contributed by atoms with Crippen molar-refractivity contribution in [2.75, 3.05) is 0 Å². The molecule has 1 unspecified atom stereocenters. The van der Waals surface area contributed by atoms with Crippen LogP contribution in [0.5, 0.6) is 0 Å². The topological polar surface area (TPSA) is 77.4 Å². The van der Waals surface area contributed by atoms with E-state index in [1.807, 2.05) is 0 Å². The van der Waals surface area contributed by atoms with Crippen molar-refractivity contribution < 1.29 is 40.5 Å². The van der Waals surface area contributed by atoms with Gasteiger partial charge in [0.05, 0.1) is 0 Å². The van der Waals surface area contributed by atoms with Crippen molar-refractivity contribution in [1.29, 1.82) is 0 Å². The average molecular weight is 233 g/mol. The molecule has 0 aliphatic carbocycles. The molecule has 0 spiro atoms. The molecule has 1 atom stereocenters. The molecule has 0 aliphatic rings. The summed E-state index contributed by atoms with van der Waals surface area (Å²) in [6.45, 7) is 0.905. The van der Waals surface area contributed by atoms with Gasteiger partial charge >= 0.3 is 22.4 Å². The van der Waals surface area contributed by atoms with E-state index in [-0.39, 0.29) is 22.4 Å². The Labute approximate surface area is 63.2 Å². The monoisotopic (exact) mass is 232 g/mol. The van der Waals surface area contributed by atoms with Crippen LogP contribution in [0.2, 0.25) is 0 Å². The number of hydrogen-bond donors (Lipinski definition) is 1.